The molecule has 0 bridgehead atoms. The van der Waals surface area contributed by atoms with E-state index < -0.39 is 0 Å². The number of carbonyl (C=O) groups is 1. The molecule has 1 nitrogen and oxygen atoms in total. The third kappa shape index (κ3) is 3.89. The van der Waals surface area contributed by atoms with Crippen molar-refractivity contribution in [2.45, 2.75) is 25.7 Å². The molecule has 0 radical (unpaired) electrons. The molecule has 0 saturated carbocycles. The number of Topliss-reactive ketones (excluding diaryl/α,β-unsaturated/α-hetero) is 1. The molecular weight excluding hydrogens is 243 g/mol. The Hall–Kier alpha value is -0.970. The van der Waals surface area contributed by atoms with E-state index in [0.29, 0.717) is 28.5 Å². The quantitative estimate of drug-likeness (QED) is 0.576. The predicted molar refractivity (Wildman–Crippen MR) is 67.9 cm³/mol. The van der Waals surface area contributed by atoms with Crippen molar-refractivity contribution in [1.82, 2.24) is 0 Å². The first kappa shape index (κ1) is 13.1. The second kappa shape index (κ2) is 6.58. The van der Waals surface area contributed by atoms with Crippen molar-refractivity contribution < 1.29 is 4.79 Å². The van der Waals surface area contributed by atoms with Crippen LogP contribution in [0.5, 0.6) is 0 Å². The van der Waals surface area contributed by atoms with Crippen molar-refractivity contribution in [1.29, 1.82) is 0 Å². The molecule has 0 fully saturated rings. The normalized spacial score (nSPS) is 9.81. The summed E-state index contributed by atoms with van der Waals surface area (Å²) in [5, 5.41) is 1.08. The maximum Gasteiger partial charge on any atom is 0.137 e. The van der Waals surface area contributed by atoms with Gasteiger partial charge in [0.05, 0.1) is 0 Å². The first-order valence-corrected chi connectivity index (χ1v) is 5.78. The summed E-state index contributed by atoms with van der Waals surface area (Å²) in [7, 11) is 0. The van der Waals surface area contributed by atoms with Gasteiger partial charge in [0.15, 0.2) is 0 Å². The van der Waals surface area contributed by atoms with Gasteiger partial charge in [0.1, 0.15) is 5.78 Å². The van der Waals surface area contributed by atoms with Gasteiger partial charge in [0, 0.05) is 29.3 Å². The zero-order chi connectivity index (χ0) is 12.0. The third-order valence-electron chi connectivity index (χ3n) is 2.21. The fourth-order valence-electron chi connectivity index (χ4n) is 1.37. The van der Waals surface area contributed by atoms with Gasteiger partial charge in [-0.25, -0.2) is 0 Å². The van der Waals surface area contributed by atoms with Crippen molar-refractivity contribution in [3.8, 4) is 12.3 Å². The van der Waals surface area contributed by atoms with E-state index in [1.54, 1.807) is 18.2 Å². The Bertz CT molecular complexity index is 398. The van der Waals surface area contributed by atoms with Gasteiger partial charge in [-0.2, -0.15) is 0 Å². The monoisotopic (exact) mass is 254 g/mol. The van der Waals surface area contributed by atoms with Crippen molar-refractivity contribution in [3.05, 3.63) is 33.8 Å². The van der Waals surface area contributed by atoms with Gasteiger partial charge < -0.3 is 0 Å². The summed E-state index contributed by atoms with van der Waals surface area (Å²) >= 11 is 11.9. The molecule has 0 amide bonds. The first-order chi connectivity index (χ1) is 7.65. The fourth-order valence-corrected chi connectivity index (χ4v) is 1.91. The molecule has 1 aromatic carbocycles. The van der Waals surface area contributed by atoms with Crippen LogP contribution in [-0.4, -0.2) is 5.78 Å². The second-order valence-corrected chi connectivity index (χ2v) is 4.29. The number of benzene rings is 1. The van der Waals surface area contributed by atoms with Crippen LogP contribution >= 0.6 is 23.2 Å². The second-order valence-electron chi connectivity index (χ2n) is 3.47. The van der Waals surface area contributed by atoms with Crippen LogP contribution in [0.3, 0.4) is 0 Å². The topological polar surface area (TPSA) is 17.1 Å². The Morgan fingerprint density at radius 3 is 2.50 bits per heavy atom. The number of carbonyl (C=O) groups excluding carboxylic acids is 1. The van der Waals surface area contributed by atoms with E-state index in [-0.39, 0.29) is 12.2 Å². The SMILES string of the molecule is C#CCCCC(=O)Cc1c(Cl)cccc1Cl. The Labute approximate surface area is 106 Å². The third-order valence-corrected chi connectivity index (χ3v) is 2.92. The molecule has 0 spiro atoms. The molecule has 0 aliphatic carbocycles. The summed E-state index contributed by atoms with van der Waals surface area (Å²) < 4.78 is 0. The lowest BCUT2D eigenvalue weighted by Gasteiger charge is -2.05. The molecule has 0 heterocycles. The number of ketones is 1. The first-order valence-electron chi connectivity index (χ1n) is 5.03. The molecule has 0 N–H and O–H groups in total. The van der Waals surface area contributed by atoms with E-state index in [9.17, 15) is 4.79 Å². The Kier molecular flexibility index (Phi) is 5.38. The van der Waals surface area contributed by atoms with Gasteiger partial charge in [0.2, 0.25) is 0 Å². The summed E-state index contributed by atoms with van der Waals surface area (Å²) in [6.45, 7) is 0. The molecule has 84 valence electrons. The molecule has 0 atom stereocenters. The maximum absolute atomic E-state index is 11.6. The Balaban J connectivity index is 2.60. The molecule has 0 aliphatic rings. The lowest BCUT2D eigenvalue weighted by atomic mass is 10.0. The van der Waals surface area contributed by atoms with Crippen LogP contribution < -0.4 is 0 Å². The zero-order valence-electron chi connectivity index (χ0n) is 8.80. The lowest BCUT2D eigenvalue weighted by Crippen LogP contribution is -2.03. The smallest absolute Gasteiger partial charge is 0.137 e. The number of terminal acetylenes is 1. The molecule has 0 saturated heterocycles. The van der Waals surface area contributed by atoms with Gasteiger partial charge >= 0.3 is 0 Å². The average molecular weight is 255 g/mol. The highest BCUT2D eigenvalue weighted by molar-refractivity contribution is 6.36. The molecule has 16 heavy (non-hydrogen) atoms. The van der Waals surface area contributed by atoms with E-state index >= 15 is 0 Å². The number of halogens is 2. The van der Waals surface area contributed by atoms with E-state index in [4.69, 9.17) is 29.6 Å². The molecule has 0 aliphatic heterocycles. The van der Waals surface area contributed by atoms with Crippen molar-refractivity contribution in [2.24, 2.45) is 0 Å². The maximum atomic E-state index is 11.6. The largest absolute Gasteiger partial charge is 0.299 e. The van der Waals surface area contributed by atoms with E-state index in [2.05, 4.69) is 5.92 Å². The Morgan fingerprint density at radius 1 is 1.31 bits per heavy atom. The van der Waals surface area contributed by atoms with Crippen LogP contribution in [-0.2, 0) is 11.2 Å². The summed E-state index contributed by atoms with van der Waals surface area (Å²) in [6.07, 6.45) is 7.22. The summed E-state index contributed by atoms with van der Waals surface area (Å²) in [5.41, 5.74) is 0.705. The highest BCUT2D eigenvalue weighted by atomic mass is 35.5. The zero-order valence-corrected chi connectivity index (χ0v) is 10.3. The van der Waals surface area contributed by atoms with E-state index in [1.165, 1.54) is 0 Å². The number of unbranched alkanes of at least 4 members (excludes halogenated alkanes) is 1. The standard InChI is InChI=1S/C13H12Cl2O/c1-2-3-4-6-10(16)9-11-12(14)7-5-8-13(11)15/h1,5,7-8H,3-4,6,9H2. The minimum atomic E-state index is 0.116. The van der Waals surface area contributed by atoms with E-state index in [1.807, 2.05) is 0 Å². The van der Waals surface area contributed by atoms with Crippen LogP contribution in [0, 0.1) is 12.3 Å². The van der Waals surface area contributed by atoms with Crippen molar-refractivity contribution >= 4 is 29.0 Å². The summed E-state index contributed by atoms with van der Waals surface area (Å²) in [4.78, 5) is 11.6. The van der Waals surface area contributed by atoms with E-state index in [0.717, 1.165) is 6.42 Å². The Morgan fingerprint density at radius 2 is 1.94 bits per heavy atom. The van der Waals surface area contributed by atoms with Crippen LogP contribution in [0.25, 0.3) is 0 Å². The highest BCUT2D eigenvalue weighted by Gasteiger charge is 2.10. The van der Waals surface area contributed by atoms with Gasteiger partial charge in [-0.05, 0) is 24.1 Å². The molecule has 0 aromatic heterocycles. The number of hydrogen-bond donors (Lipinski definition) is 0. The molecule has 3 heteroatoms. The van der Waals surface area contributed by atoms with Gasteiger partial charge in [0.25, 0.3) is 0 Å². The van der Waals surface area contributed by atoms with Crippen molar-refractivity contribution in [3.63, 3.8) is 0 Å². The number of rotatable bonds is 5. The lowest BCUT2D eigenvalue weighted by molar-refractivity contribution is -0.118. The molecule has 1 rings (SSSR count). The van der Waals surface area contributed by atoms with Gasteiger partial charge in [-0.1, -0.05) is 29.3 Å². The molecule has 1 aromatic rings. The van der Waals surface area contributed by atoms with Crippen molar-refractivity contribution in [2.75, 3.05) is 0 Å². The average Bonchev–Trinajstić information content (AvgIpc) is 2.24. The summed E-state index contributed by atoms with van der Waals surface area (Å²) in [6, 6.07) is 5.23. The van der Waals surface area contributed by atoms with Gasteiger partial charge in [-0.15, -0.1) is 12.3 Å². The highest BCUT2D eigenvalue weighted by Crippen LogP contribution is 2.25. The molecule has 0 unspecified atom stereocenters. The number of hydrogen-bond acceptors (Lipinski definition) is 1. The van der Waals surface area contributed by atoms with Crippen LogP contribution in [0.2, 0.25) is 10.0 Å². The minimum absolute atomic E-state index is 0.116. The van der Waals surface area contributed by atoms with Crippen LogP contribution in [0.4, 0.5) is 0 Å². The molecular formula is C13H12Cl2O. The minimum Gasteiger partial charge on any atom is -0.299 e. The fraction of sp³-hybridized carbons (Fsp3) is 0.308. The summed E-state index contributed by atoms with van der Waals surface area (Å²) in [5.74, 6) is 2.62. The van der Waals surface area contributed by atoms with Crippen LogP contribution in [0.15, 0.2) is 18.2 Å². The van der Waals surface area contributed by atoms with Crippen LogP contribution in [0.1, 0.15) is 24.8 Å². The van der Waals surface area contributed by atoms with Gasteiger partial charge in [-0.3, -0.25) is 4.79 Å². The predicted octanol–water partition coefficient (Wildman–Crippen LogP) is 3.91.